The Labute approximate surface area is 128 Å². The normalized spacial score (nSPS) is 11.2. The number of halogens is 2. The van der Waals surface area contributed by atoms with Crippen molar-refractivity contribution in [3.63, 3.8) is 0 Å². The summed E-state index contributed by atoms with van der Waals surface area (Å²) < 4.78 is 2.06. The van der Waals surface area contributed by atoms with E-state index in [0.29, 0.717) is 10.9 Å². The van der Waals surface area contributed by atoms with Crippen LogP contribution in [0.1, 0.15) is 17.0 Å². The van der Waals surface area contributed by atoms with Crippen molar-refractivity contribution in [1.82, 2.24) is 9.55 Å². The number of hydrogen-bond donors (Lipinski definition) is 0. The molecule has 1 aromatic heterocycles. The van der Waals surface area contributed by atoms with Gasteiger partial charge in [0, 0.05) is 0 Å². The van der Waals surface area contributed by atoms with Crippen LogP contribution in [0.3, 0.4) is 0 Å². The molecule has 2 nitrogen and oxygen atoms in total. The molecule has 3 aromatic rings. The van der Waals surface area contributed by atoms with Gasteiger partial charge in [-0.05, 0) is 43.2 Å². The molecule has 0 spiro atoms. The Bertz CT molecular complexity index is 791. The summed E-state index contributed by atoms with van der Waals surface area (Å²) in [7, 11) is 0. The molecular formula is C16H14Cl2N2. The van der Waals surface area contributed by atoms with Crippen LogP contribution in [0.15, 0.2) is 36.4 Å². The van der Waals surface area contributed by atoms with Gasteiger partial charge in [-0.2, -0.15) is 0 Å². The molecule has 0 fully saturated rings. The van der Waals surface area contributed by atoms with Gasteiger partial charge in [-0.25, -0.2) is 4.98 Å². The predicted molar refractivity (Wildman–Crippen MR) is 85.1 cm³/mol. The van der Waals surface area contributed by atoms with Crippen LogP contribution in [-0.2, 0) is 5.88 Å². The van der Waals surface area contributed by atoms with Crippen molar-refractivity contribution in [3.05, 3.63) is 58.4 Å². The molecule has 0 bridgehead atoms. The minimum atomic E-state index is 0.346. The summed E-state index contributed by atoms with van der Waals surface area (Å²) >= 11 is 12.5. The summed E-state index contributed by atoms with van der Waals surface area (Å²) in [5.74, 6) is 1.15. The van der Waals surface area contributed by atoms with Crippen LogP contribution in [0, 0.1) is 13.8 Å². The number of imidazole rings is 1. The summed E-state index contributed by atoms with van der Waals surface area (Å²) in [6.45, 7) is 4.09. The zero-order valence-corrected chi connectivity index (χ0v) is 12.8. The van der Waals surface area contributed by atoms with Gasteiger partial charge in [0.1, 0.15) is 5.82 Å². The molecule has 0 N–H and O–H groups in total. The smallest absolute Gasteiger partial charge is 0.129 e. The fourth-order valence-corrected chi connectivity index (χ4v) is 2.98. The summed E-state index contributed by atoms with van der Waals surface area (Å²) in [5.41, 5.74) is 5.21. The maximum absolute atomic E-state index is 6.41. The standard InChI is InChI=1S/C16H14Cl2N2/c1-10-6-7-14(12(18)8-10)20-15(9-17)19-13-5-3-4-11(2)16(13)20/h3-8H,9H2,1-2H3. The number of aryl methyl sites for hydroxylation is 2. The number of rotatable bonds is 2. The second kappa shape index (κ2) is 5.12. The van der Waals surface area contributed by atoms with Crippen molar-refractivity contribution in [2.24, 2.45) is 0 Å². The van der Waals surface area contributed by atoms with Gasteiger partial charge < -0.3 is 0 Å². The molecule has 4 heteroatoms. The van der Waals surface area contributed by atoms with Crippen molar-refractivity contribution in [3.8, 4) is 5.69 Å². The summed E-state index contributed by atoms with van der Waals surface area (Å²) in [5, 5.41) is 0.707. The third-order valence-corrected chi connectivity index (χ3v) is 3.95. The van der Waals surface area contributed by atoms with Crippen molar-refractivity contribution in [2.45, 2.75) is 19.7 Å². The van der Waals surface area contributed by atoms with Crippen LogP contribution >= 0.6 is 23.2 Å². The van der Waals surface area contributed by atoms with Gasteiger partial charge in [0.15, 0.2) is 0 Å². The molecule has 0 saturated heterocycles. The highest BCUT2D eigenvalue weighted by atomic mass is 35.5. The molecule has 0 aliphatic rings. The van der Waals surface area contributed by atoms with Gasteiger partial charge in [-0.3, -0.25) is 4.57 Å². The first-order valence-electron chi connectivity index (χ1n) is 6.41. The van der Waals surface area contributed by atoms with E-state index in [0.717, 1.165) is 33.7 Å². The molecule has 3 rings (SSSR count). The lowest BCUT2D eigenvalue weighted by atomic mass is 10.2. The lowest BCUT2D eigenvalue weighted by Crippen LogP contribution is -2.01. The maximum Gasteiger partial charge on any atom is 0.129 e. The Balaban J connectivity index is 2.39. The Hall–Kier alpha value is -1.51. The first-order chi connectivity index (χ1) is 9.61. The van der Waals surface area contributed by atoms with E-state index >= 15 is 0 Å². The summed E-state index contributed by atoms with van der Waals surface area (Å²) in [4.78, 5) is 4.60. The average Bonchev–Trinajstić information content (AvgIpc) is 2.79. The van der Waals surface area contributed by atoms with Crippen LogP contribution in [0.5, 0.6) is 0 Å². The Morgan fingerprint density at radius 2 is 1.95 bits per heavy atom. The molecule has 0 atom stereocenters. The van der Waals surface area contributed by atoms with Crippen LogP contribution in [-0.4, -0.2) is 9.55 Å². The zero-order valence-electron chi connectivity index (χ0n) is 11.3. The van der Waals surface area contributed by atoms with Gasteiger partial charge in [0.05, 0.1) is 27.6 Å². The first kappa shape index (κ1) is 13.5. The highest BCUT2D eigenvalue weighted by molar-refractivity contribution is 6.32. The predicted octanol–water partition coefficient (Wildman–Crippen LogP) is 5.03. The number of nitrogens with zero attached hydrogens (tertiary/aromatic N) is 2. The third-order valence-electron chi connectivity index (χ3n) is 3.41. The average molecular weight is 305 g/mol. The zero-order chi connectivity index (χ0) is 14.3. The molecule has 1 heterocycles. The van der Waals surface area contributed by atoms with E-state index in [1.54, 1.807) is 0 Å². The molecule has 0 aliphatic carbocycles. The molecule has 2 aromatic carbocycles. The Kier molecular flexibility index (Phi) is 3.45. The lowest BCUT2D eigenvalue weighted by Gasteiger charge is -2.11. The lowest BCUT2D eigenvalue weighted by molar-refractivity contribution is 0.978. The molecule has 0 aliphatic heterocycles. The van der Waals surface area contributed by atoms with Crippen molar-refractivity contribution >= 4 is 34.2 Å². The number of hydrogen-bond acceptors (Lipinski definition) is 1. The Morgan fingerprint density at radius 3 is 2.65 bits per heavy atom. The van der Waals surface area contributed by atoms with Crippen molar-refractivity contribution in [2.75, 3.05) is 0 Å². The van der Waals surface area contributed by atoms with Gasteiger partial charge in [0.2, 0.25) is 0 Å². The highest BCUT2D eigenvalue weighted by Crippen LogP contribution is 2.29. The molecule has 0 radical (unpaired) electrons. The first-order valence-corrected chi connectivity index (χ1v) is 7.32. The Morgan fingerprint density at radius 1 is 1.15 bits per heavy atom. The molecular weight excluding hydrogens is 291 g/mol. The van der Waals surface area contributed by atoms with E-state index in [4.69, 9.17) is 23.2 Å². The van der Waals surface area contributed by atoms with Gasteiger partial charge in [-0.1, -0.05) is 29.8 Å². The summed E-state index contributed by atoms with van der Waals surface area (Å²) in [6.07, 6.45) is 0. The van der Waals surface area contributed by atoms with E-state index in [-0.39, 0.29) is 0 Å². The molecule has 102 valence electrons. The second-order valence-electron chi connectivity index (χ2n) is 4.89. The van der Waals surface area contributed by atoms with Crippen LogP contribution in [0.25, 0.3) is 16.7 Å². The fraction of sp³-hybridized carbons (Fsp3) is 0.188. The number of aromatic nitrogens is 2. The number of benzene rings is 2. The van der Waals surface area contributed by atoms with E-state index in [1.807, 2.05) is 37.3 Å². The van der Waals surface area contributed by atoms with E-state index in [1.165, 1.54) is 0 Å². The number of fused-ring (bicyclic) bond motifs is 1. The molecule has 0 amide bonds. The van der Waals surface area contributed by atoms with Crippen LogP contribution < -0.4 is 0 Å². The SMILES string of the molecule is Cc1ccc(-n2c(CCl)nc3cccc(C)c32)c(Cl)c1. The quantitative estimate of drug-likeness (QED) is 0.607. The highest BCUT2D eigenvalue weighted by Gasteiger charge is 2.15. The van der Waals surface area contributed by atoms with Gasteiger partial charge >= 0.3 is 0 Å². The second-order valence-corrected chi connectivity index (χ2v) is 5.57. The van der Waals surface area contributed by atoms with Gasteiger partial charge in [-0.15, -0.1) is 11.6 Å². The monoisotopic (exact) mass is 304 g/mol. The van der Waals surface area contributed by atoms with Crippen molar-refractivity contribution < 1.29 is 0 Å². The third kappa shape index (κ3) is 2.09. The molecule has 20 heavy (non-hydrogen) atoms. The summed E-state index contributed by atoms with van der Waals surface area (Å²) in [6, 6.07) is 12.1. The minimum Gasteiger partial charge on any atom is -0.294 e. The number of alkyl halides is 1. The molecule has 0 saturated carbocycles. The van der Waals surface area contributed by atoms with Crippen LogP contribution in [0.2, 0.25) is 5.02 Å². The largest absolute Gasteiger partial charge is 0.294 e. The topological polar surface area (TPSA) is 17.8 Å². The molecule has 0 unspecified atom stereocenters. The fourth-order valence-electron chi connectivity index (χ4n) is 2.49. The van der Waals surface area contributed by atoms with E-state index in [2.05, 4.69) is 22.5 Å². The van der Waals surface area contributed by atoms with Crippen molar-refractivity contribution in [1.29, 1.82) is 0 Å². The maximum atomic E-state index is 6.41. The van der Waals surface area contributed by atoms with Crippen LogP contribution in [0.4, 0.5) is 0 Å². The van der Waals surface area contributed by atoms with E-state index < -0.39 is 0 Å². The van der Waals surface area contributed by atoms with Gasteiger partial charge in [0.25, 0.3) is 0 Å². The van der Waals surface area contributed by atoms with E-state index in [9.17, 15) is 0 Å². The number of para-hydroxylation sites is 1. The minimum absolute atomic E-state index is 0.346.